The number of halogens is 1. The summed E-state index contributed by atoms with van der Waals surface area (Å²) in [4.78, 5) is 25.7. The highest BCUT2D eigenvalue weighted by Crippen LogP contribution is 2.20. The summed E-state index contributed by atoms with van der Waals surface area (Å²) < 4.78 is 5.18. The highest BCUT2D eigenvalue weighted by atomic mass is 35.5. The zero-order valence-electron chi connectivity index (χ0n) is 11.3. The fourth-order valence-electron chi connectivity index (χ4n) is 2.13. The van der Waals surface area contributed by atoms with Crippen molar-refractivity contribution in [3.8, 4) is 0 Å². The Balaban J connectivity index is 1.99. The Morgan fingerprint density at radius 1 is 1.35 bits per heavy atom. The van der Waals surface area contributed by atoms with Gasteiger partial charge in [0.25, 0.3) is 5.91 Å². The molecule has 6 heteroatoms. The molecule has 0 spiro atoms. The van der Waals surface area contributed by atoms with Crippen molar-refractivity contribution in [3.05, 3.63) is 28.8 Å². The summed E-state index contributed by atoms with van der Waals surface area (Å²) in [7, 11) is 0. The van der Waals surface area contributed by atoms with Gasteiger partial charge in [-0.05, 0) is 38.0 Å². The van der Waals surface area contributed by atoms with E-state index in [1.807, 2.05) is 0 Å². The Morgan fingerprint density at radius 3 is 2.60 bits per heavy atom. The first kappa shape index (κ1) is 14.7. The van der Waals surface area contributed by atoms with Crippen LogP contribution in [0.5, 0.6) is 0 Å². The van der Waals surface area contributed by atoms with E-state index < -0.39 is 12.1 Å². The number of nitrogen functional groups attached to an aromatic ring is 1. The van der Waals surface area contributed by atoms with E-state index in [0.29, 0.717) is 5.69 Å². The van der Waals surface area contributed by atoms with E-state index in [1.165, 1.54) is 18.2 Å². The monoisotopic (exact) mass is 296 g/mol. The van der Waals surface area contributed by atoms with Gasteiger partial charge in [-0.15, -0.1) is 0 Å². The second-order valence-electron chi connectivity index (χ2n) is 4.82. The number of ether oxygens (including phenoxy) is 1. The summed E-state index contributed by atoms with van der Waals surface area (Å²) in [6.45, 7) is 3.04. The third-order valence-electron chi connectivity index (χ3n) is 3.29. The van der Waals surface area contributed by atoms with E-state index in [9.17, 15) is 9.59 Å². The second kappa shape index (κ2) is 6.13. The van der Waals surface area contributed by atoms with Crippen LogP contribution < -0.4 is 5.73 Å². The van der Waals surface area contributed by atoms with Gasteiger partial charge in [0.1, 0.15) is 0 Å². The van der Waals surface area contributed by atoms with Gasteiger partial charge in [0.2, 0.25) is 0 Å². The number of amides is 1. The lowest BCUT2D eigenvalue weighted by molar-refractivity contribution is -0.138. The van der Waals surface area contributed by atoms with E-state index in [0.717, 1.165) is 25.9 Å². The molecule has 20 heavy (non-hydrogen) atoms. The summed E-state index contributed by atoms with van der Waals surface area (Å²) in [5.41, 5.74) is 6.25. The first-order valence-electron chi connectivity index (χ1n) is 6.54. The van der Waals surface area contributed by atoms with E-state index >= 15 is 0 Å². The fraction of sp³-hybridized carbons (Fsp3) is 0.429. The molecule has 1 amide bonds. The molecular formula is C14H17ClN2O3. The maximum Gasteiger partial charge on any atom is 0.338 e. The Bertz CT molecular complexity index is 527. The van der Waals surface area contributed by atoms with E-state index in [4.69, 9.17) is 22.1 Å². The van der Waals surface area contributed by atoms with E-state index in [-0.39, 0.29) is 16.5 Å². The standard InChI is InChI=1S/C14H17ClN2O3/c1-9(13(18)17-6-2-3-7-17)20-14(19)10-4-5-12(16)11(15)8-10/h4-5,8-9H,2-3,6-7,16H2,1H3. The summed E-state index contributed by atoms with van der Waals surface area (Å²) in [5, 5.41) is 0.290. The highest BCUT2D eigenvalue weighted by Gasteiger charge is 2.26. The molecule has 0 saturated carbocycles. The Hall–Kier alpha value is -1.75. The van der Waals surface area contributed by atoms with Gasteiger partial charge >= 0.3 is 5.97 Å². The SMILES string of the molecule is CC(OC(=O)c1ccc(N)c(Cl)c1)C(=O)N1CCCC1. The molecule has 1 unspecified atom stereocenters. The van der Waals surface area contributed by atoms with Crippen LogP contribution in [-0.2, 0) is 9.53 Å². The van der Waals surface area contributed by atoms with Gasteiger partial charge in [-0.2, -0.15) is 0 Å². The van der Waals surface area contributed by atoms with Crippen LogP contribution in [0.15, 0.2) is 18.2 Å². The molecule has 108 valence electrons. The quantitative estimate of drug-likeness (QED) is 0.685. The van der Waals surface area contributed by atoms with Gasteiger partial charge in [-0.1, -0.05) is 11.6 Å². The molecule has 0 aliphatic carbocycles. The third kappa shape index (κ3) is 3.22. The normalized spacial score (nSPS) is 16.0. The van der Waals surface area contributed by atoms with Crippen LogP contribution in [0, 0.1) is 0 Å². The number of benzene rings is 1. The maximum atomic E-state index is 12.0. The molecule has 1 aromatic rings. The largest absolute Gasteiger partial charge is 0.449 e. The minimum absolute atomic E-state index is 0.155. The molecule has 0 bridgehead atoms. The van der Waals surface area contributed by atoms with E-state index in [2.05, 4.69) is 0 Å². The minimum Gasteiger partial charge on any atom is -0.449 e. The zero-order chi connectivity index (χ0) is 14.7. The number of carbonyl (C=O) groups is 2. The summed E-state index contributed by atoms with van der Waals surface area (Å²) in [6.07, 6.45) is 1.21. The van der Waals surface area contributed by atoms with Crippen molar-refractivity contribution in [2.45, 2.75) is 25.9 Å². The predicted molar refractivity (Wildman–Crippen MR) is 76.6 cm³/mol. The molecule has 5 nitrogen and oxygen atoms in total. The van der Waals surface area contributed by atoms with E-state index in [1.54, 1.807) is 11.8 Å². The van der Waals surface area contributed by atoms with Gasteiger partial charge in [-0.25, -0.2) is 4.79 Å². The first-order valence-corrected chi connectivity index (χ1v) is 6.91. The number of anilines is 1. The number of rotatable bonds is 3. The molecule has 1 aliphatic rings. The lowest BCUT2D eigenvalue weighted by atomic mass is 10.2. The number of hydrogen-bond donors (Lipinski definition) is 1. The molecule has 1 aliphatic heterocycles. The maximum absolute atomic E-state index is 12.0. The number of likely N-dealkylation sites (tertiary alicyclic amines) is 1. The molecule has 1 aromatic carbocycles. The van der Waals surface area contributed by atoms with Crippen molar-refractivity contribution in [2.24, 2.45) is 0 Å². The van der Waals surface area contributed by atoms with Crippen LogP contribution in [0.3, 0.4) is 0 Å². The highest BCUT2D eigenvalue weighted by molar-refractivity contribution is 6.33. The molecule has 0 radical (unpaired) electrons. The van der Waals surface area contributed by atoms with Crippen molar-refractivity contribution < 1.29 is 14.3 Å². The number of esters is 1. The van der Waals surface area contributed by atoms with Gasteiger partial charge in [0.15, 0.2) is 6.10 Å². The molecule has 1 atom stereocenters. The minimum atomic E-state index is -0.795. The van der Waals surface area contributed by atoms with Crippen molar-refractivity contribution in [1.29, 1.82) is 0 Å². The topological polar surface area (TPSA) is 72.6 Å². The average Bonchev–Trinajstić information content (AvgIpc) is 2.94. The van der Waals surface area contributed by atoms with Gasteiger partial charge in [0, 0.05) is 13.1 Å². The van der Waals surface area contributed by atoms with Crippen molar-refractivity contribution in [1.82, 2.24) is 4.90 Å². The lowest BCUT2D eigenvalue weighted by Crippen LogP contribution is -2.38. The molecule has 2 rings (SSSR count). The van der Waals surface area contributed by atoms with Gasteiger partial charge in [-0.3, -0.25) is 4.79 Å². The summed E-state index contributed by atoms with van der Waals surface area (Å²) in [6, 6.07) is 4.49. The lowest BCUT2D eigenvalue weighted by Gasteiger charge is -2.20. The molecule has 1 saturated heterocycles. The molecule has 1 fully saturated rings. The van der Waals surface area contributed by atoms with Gasteiger partial charge < -0.3 is 15.4 Å². The molecular weight excluding hydrogens is 280 g/mol. The molecule has 1 heterocycles. The van der Waals surface area contributed by atoms with Crippen molar-refractivity contribution >= 4 is 29.2 Å². The third-order valence-corrected chi connectivity index (χ3v) is 3.61. The van der Waals surface area contributed by atoms with Gasteiger partial charge in [0.05, 0.1) is 16.3 Å². The number of hydrogen-bond acceptors (Lipinski definition) is 4. The molecule has 0 aromatic heterocycles. The molecule has 2 N–H and O–H groups in total. The number of nitrogens with two attached hydrogens (primary N) is 1. The van der Waals surface area contributed by atoms with Crippen LogP contribution in [0.4, 0.5) is 5.69 Å². The van der Waals surface area contributed by atoms with Crippen LogP contribution in [0.1, 0.15) is 30.1 Å². The summed E-state index contributed by atoms with van der Waals surface area (Å²) >= 11 is 5.85. The Morgan fingerprint density at radius 2 is 2.00 bits per heavy atom. The Kier molecular flexibility index (Phi) is 4.49. The van der Waals surface area contributed by atoms with Crippen LogP contribution in [0.25, 0.3) is 0 Å². The van der Waals surface area contributed by atoms with Crippen molar-refractivity contribution in [2.75, 3.05) is 18.8 Å². The predicted octanol–water partition coefficient (Wildman–Crippen LogP) is 2.09. The summed E-state index contributed by atoms with van der Waals surface area (Å²) in [5.74, 6) is -0.732. The smallest absolute Gasteiger partial charge is 0.338 e. The Labute approximate surface area is 122 Å². The van der Waals surface area contributed by atoms with Crippen LogP contribution in [-0.4, -0.2) is 36.0 Å². The number of carbonyl (C=O) groups excluding carboxylic acids is 2. The van der Waals surface area contributed by atoms with Crippen LogP contribution in [0.2, 0.25) is 5.02 Å². The second-order valence-corrected chi connectivity index (χ2v) is 5.22. The zero-order valence-corrected chi connectivity index (χ0v) is 12.0. The fourth-order valence-corrected chi connectivity index (χ4v) is 2.31. The number of nitrogens with zero attached hydrogens (tertiary/aromatic N) is 1. The van der Waals surface area contributed by atoms with Crippen LogP contribution >= 0.6 is 11.6 Å². The van der Waals surface area contributed by atoms with Crippen molar-refractivity contribution in [3.63, 3.8) is 0 Å². The first-order chi connectivity index (χ1) is 9.49. The average molecular weight is 297 g/mol.